The third-order valence-corrected chi connectivity index (χ3v) is 4.34. The van der Waals surface area contributed by atoms with Gasteiger partial charge in [-0.15, -0.1) is 0 Å². The van der Waals surface area contributed by atoms with E-state index in [0.717, 1.165) is 48.6 Å². The topological polar surface area (TPSA) is 32.3 Å². The number of hydrogen-bond acceptors (Lipinski definition) is 4. The van der Waals surface area contributed by atoms with Crippen LogP contribution >= 0.6 is 15.9 Å². The molecule has 0 bridgehead atoms. The molecule has 0 amide bonds. The fraction of sp³-hybridized carbons (Fsp3) is 0.375. The molecule has 1 saturated heterocycles. The number of hydrogen-bond donors (Lipinski definition) is 0. The number of halogens is 1. The molecule has 0 aliphatic carbocycles. The van der Waals surface area contributed by atoms with E-state index in [2.05, 4.69) is 73.0 Å². The Balaban J connectivity index is 1.67. The van der Waals surface area contributed by atoms with Gasteiger partial charge in [0, 0.05) is 48.1 Å². The number of piperazine rings is 1. The van der Waals surface area contributed by atoms with Gasteiger partial charge in [0.05, 0.1) is 0 Å². The highest BCUT2D eigenvalue weighted by atomic mass is 79.9. The summed E-state index contributed by atoms with van der Waals surface area (Å²) < 4.78 is 1.13. The summed E-state index contributed by atoms with van der Waals surface area (Å²) in [5, 5.41) is 0. The third-order valence-electron chi connectivity index (χ3n) is 3.85. The SMILES string of the molecule is CCc1cc(N2CCN(c3cccc(Br)c3)CC2)ncn1. The molecule has 5 heteroatoms. The number of aryl methyl sites for hydroxylation is 1. The number of benzene rings is 1. The minimum Gasteiger partial charge on any atom is -0.368 e. The number of aromatic nitrogens is 2. The highest BCUT2D eigenvalue weighted by Crippen LogP contribution is 2.22. The number of anilines is 2. The summed E-state index contributed by atoms with van der Waals surface area (Å²) in [5.41, 5.74) is 2.38. The Labute approximate surface area is 133 Å². The molecule has 0 spiro atoms. The van der Waals surface area contributed by atoms with E-state index in [9.17, 15) is 0 Å². The normalized spacial score (nSPS) is 15.3. The molecule has 21 heavy (non-hydrogen) atoms. The van der Waals surface area contributed by atoms with Crippen LogP contribution in [0.15, 0.2) is 41.1 Å². The van der Waals surface area contributed by atoms with Crippen molar-refractivity contribution in [2.75, 3.05) is 36.0 Å². The maximum atomic E-state index is 4.41. The van der Waals surface area contributed by atoms with Gasteiger partial charge in [-0.3, -0.25) is 0 Å². The molecule has 110 valence electrons. The smallest absolute Gasteiger partial charge is 0.132 e. The minimum absolute atomic E-state index is 0.952. The summed E-state index contributed by atoms with van der Waals surface area (Å²) in [6, 6.07) is 10.6. The van der Waals surface area contributed by atoms with Crippen molar-refractivity contribution in [2.24, 2.45) is 0 Å². The Bertz CT molecular complexity index is 609. The van der Waals surface area contributed by atoms with Crippen LogP contribution in [0.4, 0.5) is 11.5 Å². The molecule has 1 aliphatic rings. The summed E-state index contributed by atoms with van der Waals surface area (Å²) in [6.45, 7) is 6.14. The van der Waals surface area contributed by atoms with E-state index < -0.39 is 0 Å². The maximum Gasteiger partial charge on any atom is 0.132 e. The lowest BCUT2D eigenvalue weighted by Gasteiger charge is -2.36. The Morgan fingerprint density at radius 1 is 1.05 bits per heavy atom. The summed E-state index contributed by atoms with van der Waals surface area (Å²) in [5.74, 6) is 1.05. The molecule has 1 aliphatic heterocycles. The van der Waals surface area contributed by atoms with Gasteiger partial charge in [-0.2, -0.15) is 0 Å². The fourth-order valence-corrected chi connectivity index (χ4v) is 3.01. The first kappa shape index (κ1) is 14.3. The highest BCUT2D eigenvalue weighted by molar-refractivity contribution is 9.10. The van der Waals surface area contributed by atoms with Crippen LogP contribution < -0.4 is 9.80 Å². The van der Waals surface area contributed by atoms with Crippen molar-refractivity contribution in [2.45, 2.75) is 13.3 Å². The Morgan fingerprint density at radius 3 is 2.52 bits per heavy atom. The first-order chi connectivity index (χ1) is 10.3. The number of rotatable bonds is 3. The van der Waals surface area contributed by atoms with E-state index in [1.54, 1.807) is 6.33 Å². The Kier molecular flexibility index (Phi) is 4.39. The standard InChI is InChI=1S/C16H19BrN4/c1-2-14-11-16(19-12-18-14)21-8-6-20(7-9-21)15-5-3-4-13(17)10-15/h3-5,10-12H,2,6-9H2,1H3. The van der Waals surface area contributed by atoms with Crippen LogP contribution in [0.1, 0.15) is 12.6 Å². The second kappa shape index (κ2) is 6.43. The van der Waals surface area contributed by atoms with Gasteiger partial charge < -0.3 is 9.80 Å². The highest BCUT2D eigenvalue weighted by Gasteiger charge is 2.18. The molecule has 0 saturated carbocycles. The van der Waals surface area contributed by atoms with Crippen molar-refractivity contribution in [3.05, 3.63) is 46.8 Å². The second-order valence-electron chi connectivity index (χ2n) is 5.18. The van der Waals surface area contributed by atoms with Crippen molar-refractivity contribution in [1.82, 2.24) is 9.97 Å². The van der Waals surface area contributed by atoms with E-state index in [4.69, 9.17) is 0 Å². The van der Waals surface area contributed by atoms with Crippen molar-refractivity contribution in [3.8, 4) is 0 Å². The van der Waals surface area contributed by atoms with Crippen LogP contribution in [0.5, 0.6) is 0 Å². The van der Waals surface area contributed by atoms with Gasteiger partial charge in [0.15, 0.2) is 0 Å². The summed E-state index contributed by atoms with van der Waals surface area (Å²) >= 11 is 3.54. The summed E-state index contributed by atoms with van der Waals surface area (Å²) in [6.07, 6.45) is 2.63. The summed E-state index contributed by atoms with van der Waals surface area (Å²) in [4.78, 5) is 13.4. The molecule has 1 aromatic heterocycles. The molecule has 1 fully saturated rings. The van der Waals surface area contributed by atoms with Crippen molar-refractivity contribution < 1.29 is 0 Å². The van der Waals surface area contributed by atoms with Crippen LogP contribution in [0.2, 0.25) is 0 Å². The molecule has 0 N–H and O–H groups in total. The predicted molar refractivity (Wildman–Crippen MR) is 90.0 cm³/mol. The van der Waals surface area contributed by atoms with Crippen molar-refractivity contribution in [3.63, 3.8) is 0 Å². The first-order valence-electron chi connectivity index (χ1n) is 7.32. The zero-order valence-corrected chi connectivity index (χ0v) is 13.8. The molecule has 1 aromatic carbocycles. The number of nitrogens with zero attached hydrogens (tertiary/aromatic N) is 4. The quantitative estimate of drug-likeness (QED) is 0.854. The minimum atomic E-state index is 0.952. The Morgan fingerprint density at radius 2 is 1.81 bits per heavy atom. The van der Waals surface area contributed by atoms with E-state index >= 15 is 0 Å². The van der Waals surface area contributed by atoms with Gasteiger partial charge in [0.2, 0.25) is 0 Å². The molecule has 2 aromatic rings. The fourth-order valence-electron chi connectivity index (χ4n) is 2.62. The van der Waals surface area contributed by atoms with Crippen LogP contribution in [-0.4, -0.2) is 36.1 Å². The molecule has 0 radical (unpaired) electrons. The molecule has 4 nitrogen and oxygen atoms in total. The largest absolute Gasteiger partial charge is 0.368 e. The second-order valence-corrected chi connectivity index (χ2v) is 6.09. The monoisotopic (exact) mass is 346 g/mol. The van der Waals surface area contributed by atoms with E-state index in [1.807, 2.05) is 0 Å². The van der Waals surface area contributed by atoms with E-state index in [0.29, 0.717) is 0 Å². The lowest BCUT2D eigenvalue weighted by Crippen LogP contribution is -2.46. The Hall–Kier alpha value is -1.62. The van der Waals surface area contributed by atoms with Crippen LogP contribution in [0.25, 0.3) is 0 Å². The van der Waals surface area contributed by atoms with Gasteiger partial charge in [-0.05, 0) is 24.6 Å². The maximum absolute atomic E-state index is 4.41. The van der Waals surface area contributed by atoms with Crippen LogP contribution in [0, 0.1) is 0 Å². The molecule has 0 unspecified atom stereocenters. The van der Waals surface area contributed by atoms with E-state index in [-0.39, 0.29) is 0 Å². The zero-order valence-electron chi connectivity index (χ0n) is 12.2. The lowest BCUT2D eigenvalue weighted by atomic mass is 10.2. The third kappa shape index (κ3) is 3.35. The van der Waals surface area contributed by atoms with Gasteiger partial charge >= 0.3 is 0 Å². The van der Waals surface area contributed by atoms with Crippen molar-refractivity contribution >= 4 is 27.4 Å². The molecular formula is C16H19BrN4. The molecule has 2 heterocycles. The van der Waals surface area contributed by atoms with Gasteiger partial charge in [-0.1, -0.05) is 28.9 Å². The molecule has 3 rings (SSSR count). The summed E-state index contributed by atoms with van der Waals surface area (Å²) in [7, 11) is 0. The molecular weight excluding hydrogens is 328 g/mol. The van der Waals surface area contributed by atoms with E-state index in [1.165, 1.54) is 5.69 Å². The van der Waals surface area contributed by atoms with Crippen molar-refractivity contribution in [1.29, 1.82) is 0 Å². The van der Waals surface area contributed by atoms with Gasteiger partial charge in [0.25, 0.3) is 0 Å². The lowest BCUT2D eigenvalue weighted by molar-refractivity contribution is 0.646. The average Bonchev–Trinajstić information content (AvgIpc) is 2.55. The van der Waals surface area contributed by atoms with Gasteiger partial charge in [-0.25, -0.2) is 9.97 Å². The predicted octanol–water partition coefficient (Wildman–Crippen LogP) is 3.13. The average molecular weight is 347 g/mol. The first-order valence-corrected chi connectivity index (χ1v) is 8.12. The van der Waals surface area contributed by atoms with Crippen LogP contribution in [0.3, 0.4) is 0 Å². The van der Waals surface area contributed by atoms with Crippen LogP contribution in [-0.2, 0) is 6.42 Å². The zero-order chi connectivity index (χ0) is 14.7. The van der Waals surface area contributed by atoms with Gasteiger partial charge in [0.1, 0.15) is 12.1 Å². The molecule has 0 atom stereocenters.